The van der Waals surface area contributed by atoms with Crippen LogP contribution in [0.3, 0.4) is 0 Å². The second kappa shape index (κ2) is 5.59. The lowest BCUT2D eigenvalue weighted by atomic mass is 10.1. The van der Waals surface area contributed by atoms with Crippen LogP contribution < -0.4 is 4.90 Å². The van der Waals surface area contributed by atoms with Crippen LogP contribution in [0.25, 0.3) is 0 Å². The molecule has 2 aromatic rings. The molecule has 0 spiro atoms. The third-order valence-electron chi connectivity index (χ3n) is 3.70. The van der Waals surface area contributed by atoms with Crippen molar-refractivity contribution in [2.45, 2.75) is 25.9 Å². The van der Waals surface area contributed by atoms with Gasteiger partial charge in [-0.3, -0.25) is 0 Å². The maximum Gasteiger partial charge on any atom is 0.142 e. The number of benzene rings is 1. The summed E-state index contributed by atoms with van der Waals surface area (Å²) in [5, 5.41) is 9.46. The van der Waals surface area contributed by atoms with Crippen LogP contribution in [-0.2, 0) is 13.0 Å². The topological polar surface area (TPSA) is 36.4 Å². The number of para-hydroxylation sites is 1. The molecule has 0 aliphatic carbocycles. The lowest BCUT2D eigenvalue weighted by Crippen LogP contribution is -2.21. The van der Waals surface area contributed by atoms with Gasteiger partial charge in [0.2, 0.25) is 0 Å². The first-order valence-electron chi connectivity index (χ1n) is 6.90. The zero-order chi connectivity index (χ0) is 13.9. The van der Waals surface area contributed by atoms with Crippen molar-refractivity contribution >= 4 is 11.5 Å². The van der Waals surface area contributed by atoms with Crippen molar-refractivity contribution in [1.29, 1.82) is 0 Å². The molecular weight excluding hydrogens is 255 g/mol. The normalized spacial score (nSPS) is 14.8. The van der Waals surface area contributed by atoms with Crippen LogP contribution in [0.15, 0.2) is 36.5 Å². The Morgan fingerprint density at radius 3 is 2.95 bits per heavy atom. The fraction of sp³-hybridized carbons (Fsp3) is 0.312. The summed E-state index contributed by atoms with van der Waals surface area (Å²) in [5.41, 5.74) is 2.92. The van der Waals surface area contributed by atoms with Gasteiger partial charge in [0.1, 0.15) is 11.6 Å². The first kappa shape index (κ1) is 13.1. The van der Waals surface area contributed by atoms with Gasteiger partial charge in [0.05, 0.1) is 12.8 Å². The lowest BCUT2D eigenvalue weighted by molar-refractivity contribution is 0.281. The largest absolute Gasteiger partial charge is 0.392 e. The molecule has 3 nitrogen and oxygen atoms in total. The predicted molar refractivity (Wildman–Crippen MR) is 76.5 cm³/mol. The van der Waals surface area contributed by atoms with E-state index in [9.17, 15) is 9.50 Å². The Kier molecular flexibility index (Phi) is 3.65. The van der Waals surface area contributed by atoms with Gasteiger partial charge in [0.25, 0.3) is 0 Å². The molecule has 0 amide bonds. The molecule has 1 aliphatic heterocycles. The first-order valence-corrected chi connectivity index (χ1v) is 6.90. The molecule has 1 aromatic carbocycles. The van der Waals surface area contributed by atoms with Crippen molar-refractivity contribution in [3.05, 3.63) is 53.5 Å². The highest BCUT2D eigenvalue weighted by molar-refractivity contribution is 5.66. The van der Waals surface area contributed by atoms with Crippen molar-refractivity contribution in [3.8, 4) is 0 Å². The second-order valence-corrected chi connectivity index (χ2v) is 5.03. The SMILES string of the molecule is OCc1cc(F)cnc1N1CCCCc2ccccc21. The van der Waals surface area contributed by atoms with Gasteiger partial charge in [-0.25, -0.2) is 9.37 Å². The van der Waals surface area contributed by atoms with E-state index in [0.29, 0.717) is 11.4 Å². The van der Waals surface area contributed by atoms with E-state index in [1.807, 2.05) is 12.1 Å². The molecule has 0 saturated carbocycles. The fourth-order valence-electron chi connectivity index (χ4n) is 2.74. The highest BCUT2D eigenvalue weighted by Crippen LogP contribution is 2.33. The van der Waals surface area contributed by atoms with E-state index >= 15 is 0 Å². The molecule has 0 unspecified atom stereocenters. The summed E-state index contributed by atoms with van der Waals surface area (Å²) in [6.45, 7) is 0.626. The molecule has 4 heteroatoms. The summed E-state index contributed by atoms with van der Waals surface area (Å²) < 4.78 is 13.3. The smallest absolute Gasteiger partial charge is 0.142 e. The molecule has 3 rings (SSSR count). The van der Waals surface area contributed by atoms with Gasteiger partial charge in [-0.15, -0.1) is 0 Å². The lowest BCUT2D eigenvalue weighted by Gasteiger charge is -2.25. The van der Waals surface area contributed by atoms with E-state index in [0.717, 1.165) is 31.5 Å². The standard InChI is InChI=1S/C16H17FN2O/c17-14-9-13(11-20)16(18-10-14)19-8-4-3-6-12-5-1-2-7-15(12)19/h1-2,5,7,9-10,20H,3-4,6,8,11H2. The van der Waals surface area contributed by atoms with Crippen molar-refractivity contribution in [3.63, 3.8) is 0 Å². The van der Waals surface area contributed by atoms with Crippen LogP contribution in [0.5, 0.6) is 0 Å². The number of aliphatic hydroxyl groups is 1. The van der Waals surface area contributed by atoms with Crippen LogP contribution >= 0.6 is 0 Å². The number of anilines is 2. The molecule has 2 heterocycles. The van der Waals surface area contributed by atoms with Crippen LogP contribution in [0.4, 0.5) is 15.9 Å². The van der Waals surface area contributed by atoms with Crippen LogP contribution in [0.1, 0.15) is 24.0 Å². The van der Waals surface area contributed by atoms with Crippen molar-refractivity contribution in [1.82, 2.24) is 4.98 Å². The van der Waals surface area contributed by atoms with E-state index in [1.54, 1.807) is 0 Å². The number of halogens is 1. The van der Waals surface area contributed by atoms with Gasteiger partial charge in [-0.05, 0) is 37.0 Å². The molecule has 0 saturated heterocycles. The van der Waals surface area contributed by atoms with E-state index < -0.39 is 5.82 Å². The summed E-state index contributed by atoms with van der Waals surface area (Å²) in [7, 11) is 0. The Bertz CT molecular complexity index is 615. The minimum Gasteiger partial charge on any atom is -0.392 e. The first-order chi connectivity index (χ1) is 9.79. The average Bonchev–Trinajstić information content (AvgIpc) is 2.69. The molecule has 0 fully saturated rings. The van der Waals surface area contributed by atoms with Gasteiger partial charge < -0.3 is 10.0 Å². The molecule has 0 atom stereocenters. The predicted octanol–water partition coefficient (Wildman–Crippen LogP) is 3.19. The number of nitrogens with zero attached hydrogens (tertiary/aromatic N) is 2. The zero-order valence-corrected chi connectivity index (χ0v) is 11.2. The van der Waals surface area contributed by atoms with Crippen molar-refractivity contribution in [2.24, 2.45) is 0 Å². The molecular formula is C16H17FN2O. The highest BCUT2D eigenvalue weighted by atomic mass is 19.1. The molecule has 1 aliphatic rings. The highest BCUT2D eigenvalue weighted by Gasteiger charge is 2.20. The third-order valence-corrected chi connectivity index (χ3v) is 3.70. The minimum atomic E-state index is -0.416. The van der Waals surface area contributed by atoms with E-state index in [-0.39, 0.29) is 6.61 Å². The van der Waals surface area contributed by atoms with Gasteiger partial charge in [0.15, 0.2) is 0 Å². The number of fused-ring (bicyclic) bond motifs is 1. The number of aliphatic hydroxyl groups excluding tert-OH is 1. The molecule has 104 valence electrons. The number of rotatable bonds is 2. The van der Waals surface area contributed by atoms with Crippen molar-refractivity contribution < 1.29 is 9.50 Å². The van der Waals surface area contributed by atoms with Crippen molar-refractivity contribution in [2.75, 3.05) is 11.4 Å². The maximum atomic E-state index is 13.3. The Labute approximate surface area is 117 Å². The molecule has 0 bridgehead atoms. The quantitative estimate of drug-likeness (QED) is 0.912. The van der Waals surface area contributed by atoms with E-state index in [4.69, 9.17) is 0 Å². The number of aromatic nitrogens is 1. The molecule has 1 aromatic heterocycles. The zero-order valence-electron chi connectivity index (χ0n) is 11.2. The number of aryl methyl sites for hydroxylation is 1. The molecule has 1 N–H and O–H groups in total. The van der Waals surface area contributed by atoms with Gasteiger partial charge in [-0.2, -0.15) is 0 Å². The summed E-state index contributed by atoms with van der Waals surface area (Å²) in [6, 6.07) is 9.57. The maximum absolute atomic E-state index is 13.3. The second-order valence-electron chi connectivity index (χ2n) is 5.03. The molecule has 0 radical (unpaired) electrons. The summed E-state index contributed by atoms with van der Waals surface area (Å²) >= 11 is 0. The fourth-order valence-corrected chi connectivity index (χ4v) is 2.74. The summed E-state index contributed by atoms with van der Waals surface area (Å²) in [4.78, 5) is 6.29. The van der Waals surface area contributed by atoms with Crippen LogP contribution in [-0.4, -0.2) is 16.6 Å². The van der Waals surface area contributed by atoms with Gasteiger partial charge in [-0.1, -0.05) is 18.2 Å². The minimum absolute atomic E-state index is 0.210. The Hall–Kier alpha value is -1.94. The Balaban J connectivity index is 2.10. The number of hydrogen-bond donors (Lipinski definition) is 1. The van der Waals surface area contributed by atoms with Gasteiger partial charge in [0, 0.05) is 17.8 Å². The summed E-state index contributed by atoms with van der Waals surface area (Å²) in [5.74, 6) is 0.240. The van der Waals surface area contributed by atoms with Crippen LogP contribution in [0, 0.1) is 5.82 Å². The Morgan fingerprint density at radius 2 is 2.10 bits per heavy atom. The third kappa shape index (κ3) is 2.39. The number of pyridine rings is 1. The van der Waals surface area contributed by atoms with E-state index in [2.05, 4.69) is 22.0 Å². The Morgan fingerprint density at radius 1 is 1.25 bits per heavy atom. The van der Waals surface area contributed by atoms with E-state index in [1.165, 1.54) is 17.8 Å². The van der Waals surface area contributed by atoms with Crippen LogP contribution in [0.2, 0.25) is 0 Å². The van der Waals surface area contributed by atoms with Gasteiger partial charge >= 0.3 is 0 Å². The summed E-state index contributed by atoms with van der Waals surface area (Å²) in [6.07, 6.45) is 4.44. The monoisotopic (exact) mass is 272 g/mol. The number of hydrogen-bond acceptors (Lipinski definition) is 3. The average molecular weight is 272 g/mol. The molecule has 20 heavy (non-hydrogen) atoms.